The minimum atomic E-state index is -1.07. The molecule has 0 atom stereocenters. The zero-order valence-electron chi connectivity index (χ0n) is 10.0. The van der Waals surface area contributed by atoms with E-state index in [4.69, 9.17) is 5.73 Å². The van der Waals surface area contributed by atoms with Gasteiger partial charge in [-0.2, -0.15) is 0 Å². The standard InChI is InChI=1S/C12H22N2Si/c1-15(2,3)11-14(10-9-13)12-7-5-4-6-8-12/h4-8H,9-11,13H2,1-3H3. The first-order valence-electron chi connectivity index (χ1n) is 5.53. The van der Waals surface area contributed by atoms with Gasteiger partial charge in [-0.3, -0.25) is 0 Å². The lowest BCUT2D eigenvalue weighted by atomic mass is 10.3. The molecule has 0 spiro atoms. The van der Waals surface area contributed by atoms with Gasteiger partial charge in [0.1, 0.15) is 0 Å². The Morgan fingerprint density at radius 1 is 1.13 bits per heavy atom. The van der Waals surface area contributed by atoms with Gasteiger partial charge in [-0.15, -0.1) is 0 Å². The first kappa shape index (κ1) is 12.3. The van der Waals surface area contributed by atoms with E-state index in [1.807, 2.05) is 0 Å². The van der Waals surface area contributed by atoms with Gasteiger partial charge < -0.3 is 10.6 Å². The van der Waals surface area contributed by atoms with E-state index in [-0.39, 0.29) is 0 Å². The molecule has 0 bridgehead atoms. The number of benzene rings is 1. The average Bonchev–Trinajstić information content (AvgIpc) is 2.17. The van der Waals surface area contributed by atoms with Crippen LogP contribution in [0.4, 0.5) is 5.69 Å². The van der Waals surface area contributed by atoms with Crippen LogP contribution in [-0.4, -0.2) is 27.3 Å². The fourth-order valence-corrected chi connectivity index (χ4v) is 3.15. The minimum absolute atomic E-state index is 0.722. The summed E-state index contributed by atoms with van der Waals surface area (Å²) in [6, 6.07) is 10.6. The van der Waals surface area contributed by atoms with Crippen molar-refractivity contribution in [1.82, 2.24) is 0 Å². The van der Waals surface area contributed by atoms with Crippen molar-refractivity contribution in [3.63, 3.8) is 0 Å². The number of para-hydroxylation sites is 1. The molecule has 1 aromatic rings. The van der Waals surface area contributed by atoms with Crippen molar-refractivity contribution in [3.05, 3.63) is 30.3 Å². The number of hydrogen-bond acceptors (Lipinski definition) is 2. The maximum Gasteiger partial charge on any atom is 0.0665 e. The largest absolute Gasteiger partial charge is 0.373 e. The first-order chi connectivity index (χ1) is 7.03. The van der Waals surface area contributed by atoms with Crippen molar-refractivity contribution < 1.29 is 0 Å². The summed E-state index contributed by atoms with van der Waals surface area (Å²) in [5, 5.41) is 0. The second-order valence-corrected chi connectivity index (χ2v) is 10.5. The molecule has 0 amide bonds. The van der Waals surface area contributed by atoms with Crippen LogP contribution in [0.2, 0.25) is 19.6 Å². The molecular weight excluding hydrogens is 200 g/mol. The molecule has 0 aromatic heterocycles. The van der Waals surface area contributed by atoms with Gasteiger partial charge in [-0.1, -0.05) is 37.8 Å². The van der Waals surface area contributed by atoms with Crippen LogP contribution in [0.25, 0.3) is 0 Å². The number of hydrogen-bond donors (Lipinski definition) is 1. The van der Waals surface area contributed by atoms with Gasteiger partial charge in [-0.05, 0) is 12.1 Å². The molecular formula is C12H22N2Si. The molecule has 84 valence electrons. The summed E-state index contributed by atoms with van der Waals surface area (Å²) in [5.41, 5.74) is 6.96. The van der Waals surface area contributed by atoms with Gasteiger partial charge >= 0.3 is 0 Å². The Kier molecular flexibility index (Phi) is 4.36. The van der Waals surface area contributed by atoms with E-state index < -0.39 is 8.07 Å². The third kappa shape index (κ3) is 4.49. The Morgan fingerprint density at radius 2 is 1.73 bits per heavy atom. The van der Waals surface area contributed by atoms with E-state index >= 15 is 0 Å². The van der Waals surface area contributed by atoms with E-state index in [1.54, 1.807) is 0 Å². The lowest BCUT2D eigenvalue weighted by Crippen LogP contribution is -2.42. The zero-order valence-corrected chi connectivity index (χ0v) is 11.0. The van der Waals surface area contributed by atoms with Crippen molar-refractivity contribution in [3.8, 4) is 0 Å². The highest BCUT2D eigenvalue weighted by Crippen LogP contribution is 2.15. The van der Waals surface area contributed by atoms with Crippen molar-refractivity contribution in [2.24, 2.45) is 5.73 Å². The molecule has 0 fully saturated rings. The van der Waals surface area contributed by atoms with E-state index in [1.165, 1.54) is 11.9 Å². The third-order valence-electron chi connectivity index (χ3n) is 2.19. The molecule has 0 aliphatic carbocycles. The third-order valence-corrected chi connectivity index (χ3v) is 3.52. The first-order valence-corrected chi connectivity index (χ1v) is 9.24. The zero-order chi connectivity index (χ0) is 11.3. The predicted molar refractivity (Wildman–Crippen MR) is 71.1 cm³/mol. The highest BCUT2D eigenvalue weighted by atomic mass is 28.3. The molecule has 2 N–H and O–H groups in total. The van der Waals surface area contributed by atoms with Crippen LogP contribution in [0.15, 0.2) is 30.3 Å². The van der Waals surface area contributed by atoms with Crippen LogP contribution in [0.3, 0.4) is 0 Å². The summed E-state index contributed by atoms with van der Waals surface area (Å²) < 4.78 is 0. The normalized spacial score (nSPS) is 11.5. The Morgan fingerprint density at radius 3 is 2.20 bits per heavy atom. The van der Waals surface area contributed by atoms with Crippen LogP contribution >= 0.6 is 0 Å². The summed E-state index contributed by atoms with van der Waals surface area (Å²) in [4.78, 5) is 2.41. The molecule has 0 saturated carbocycles. The average molecular weight is 222 g/mol. The van der Waals surface area contributed by atoms with E-state index in [0.29, 0.717) is 0 Å². The lowest BCUT2D eigenvalue weighted by molar-refractivity contribution is 0.857. The lowest BCUT2D eigenvalue weighted by Gasteiger charge is -2.30. The smallest absolute Gasteiger partial charge is 0.0665 e. The Balaban J connectivity index is 2.75. The maximum atomic E-state index is 5.66. The second-order valence-electron chi connectivity index (χ2n) is 5.11. The molecule has 0 aliphatic rings. The van der Waals surface area contributed by atoms with Crippen LogP contribution in [-0.2, 0) is 0 Å². The summed E-state index contributed by atoms with van der Waals surface area (Å²) >= 11 is 0. The molecule has 0 radical (unpaired) electrons. The molecule has 0 aliphatic heterocycles. The van der Waals surface area contributed by atoms with Gasteiger partial charge in [0.25, 0.3) is 0 Å². The topological polar surface area (TPSA) is 29.3 Å². The SMILES string of the molecule is C[Si](C)(C)CN(CCN)c1ccccc1. The summed E-state index contributed by atoms with van der Waals surface area (Å²) in [5.74, 6) is 0. The highest BCUT2D eigenvalue weighted by molar-refractivity contribution is 6.76. The molecule has 3 heteroatoms. The summed E-state index contributed by atoms with van der Waals surface area (Å²) in [6.45, 7) is 8.84. The van der Waals surface area contributed by atoms with E-state index in [0.717, 1.165) is 13.1 Å². The fourth-order valence-electron chi connectivity index (χ4n) is 1.67. The van der Waals surface area contributed by atoms with Gasteiger partial charge in [0.05, 0.1) is 8.07 Å². The molecule has 0 unspecified atom stereocenters. The van der Waals surface area contributed by atoms with E-state index in [9.17, 15) is 0 Å². The predicted octanol–water partition coefficient (Wildman–Crippen LogP) is 2.33. The van der Waals surface area contributed by atoms with Crippen LogP contribution < -0.4 is 10.6 Å². The molecule has 1 rings (SSSR count). The summed E-state index contributed by atoms with van der Waals surface area (Å²) in [7, 11) is -1.07. The Hall–Kier alpha value is -0.803. The molecule has 0 heterocycles. The second kappa shape index (κ2) is 5.33. The number of nitrogens with zero attached hydrogens (tertiary/aromatic N) is 1. The fraction of sp³-hybridized carbons (Fsp3) is 0.500. The van der Waals surface area contributed by atoms with Gasteiger partial charge in [0.2, 0.25) is 0 Å². The van der Waals surface area contributed by atoms with E-state index in [2.05, 4.69) is 54.9 Å². The number of nitrogens with two attached hydrogens (primary N) is 1. The Labute approximate surface area is 94.1 Å². The quantitative estimate of drug-likeness (QED) is 0.775. The van der Waals surface area contributed by atoms with Crippen molar-refractivity contribution >= 4 is 13.8 Å². The monoisotopic (exact) mass is 222 g/mol. The molecule has 2 nitrogen and oxygen atoms in total. The van der Waals surface area contributed by atoms with Crippen LogP contribution in [0.5, 0.6) is 0 Å². The van der Waals surface area contributed by atoms with Crippen molar-refractivity contribution in [2.45, 2.75) is 19.6 Å². The van der Waals surface area contributed by atoms with Crippen molar-refractivity contribution in [1.29, 1.82) is 0 Å². The van der Waals surface area contributed by atoms with Crippen LogP contribution in [0, 0.1) is 0 Å². The van der Waals surface area contributed by atoms with Gasteiger partial charge in [0, 0.05) is 24.9 Å². The Bertz CT molecular complexity index is 279. The van der Waals surface area contributed by atoms with Gasteiger partial charge in [-0.25, -0.2) is 0 Å². The van der Waals surface area contributed by atoms with Crippen LogP contribution in [0.1, 0.15) is 0 Å². The minimum Gasteiger partial charge on any atom is -0.373 e. The number of rotatable bonds is 5. The number of anilines is 1. The molecule has 0 saturated heterocycles. The van der Waals surface area contributed by atoms with Gasteiger partial charge in [0.15, 0.2) is 0 Å². The maximum absolute atomic E-state index is 5.66. The molecule has 1 aromatic carbocycles. The van der Waals surface area contributed by atoms with Crippen molar-refractivity contribution in [2.75, 3.05) is 24.2 Å². The summed E-state index contributed by atoms with van der Waals surface area (Å²) in [6.07, 6.45) is 1.17. The molecule has 15 heavy (non-hydrogen) atoms. The highest BCUT2D eigenvalue weighted by Gasteiger charge is 2.18.